The highest BCUT2D eigenvalue weighted by atomic mass is 35.5. The first kappa shape index (κ1) is 18.5. The molecule has 0 aliphatic rings. The Morgan fingerprint density at radius 1 is 1.20 bits per heavy atom. The fraction of sp³-hybridized carbons (Fsp3) is 0.211. The van der Waals surface area contributed by atoms with Crippen LogP contribution < -0.4 is 10.6 Å². The molecule has 0 spiro atoms. The Kier molecular flexibility index (Phi) is 7.48. The van der Waals surface area contributed by atoms with Crippen LogP contribution in [-0.2, 0) is 0 Å². The Labute approximate surface area is 153 Å². The lowest BCUT2D eigenvalue weighted by atomic mass is 10.1. The van der Waals surface area contributed by atoms with Crippen molar-refractivity contribution in [2.45, 2.75) is 19.3 Å². The van der Waals surface area contributed by atoms with Gasteiger partial charge in [0.15, 0.2) is 0 Å². The van der Waals surface area contributed by atoms with Gasteiger partial charge in [0, 0.05) is 29.6 Å². The number of benzene rings is 1. The standard InChI is InChI=1S/C19H20ClN5/c20-17-8-6-16(7-9-17)5-3-1-2-4-14-25(19(22)24-15-21)18-10-12-23-13-11-18/h3,5-13H,1-2,4,14H2,(H2,22,24). The van der Waals surface area contributed by atoms with Gasteiger partial charge in [0.25, 0.3) is 0 Å². The van der Waals surface area contributed by atoms with E-state index in [1.807, 2.05) is 41.3 Å². The van der Waals surface area contributed by atoms with E-state index in [0.717, 1.165) is 35.5 Å². The molecule has 1 aromatic carbocycles. The average molecular weight is 354 g/mol. The topological polar surface area (TPSA) is 78.3 Å². The molecule has 0 saturated carbocycles. The molecule has 2 aromatic rings. The molecule has 2 rings (SSSR count). The normalized spacial score (nSPS) is 11.4. The van der Waals surface area contributed by atoms with Crippen LogP contribution in [0.5, 0.6) is 0 Å². The van der Waals surface area contributed by atoms with Crippen molar-refractivity contribution >= 4 is 29.3 Å². The Balaban J connectivity index is 1.84. The highest BCUT2D eigenvalue weighted by molar-refractivity contribution is 6.30. The first-order valence-electron chi connectivity index (χ1n) is 8.02. The molecule has 6 heteroatoms. The minimum Gasteiger partial charge on any atom is -0.369 e. The summed E-state index contributed by atoms with van der Waals surface area (Å²) in [5.74, 6) is 0.199. The van der Waals surface area contributed by atoms with Gasteiger partial charge in [-0.15, -0.1) is 4.99 Å². The zero-order valence-corrected chi connectivity index (χ0v) is 14.6. The minimum absolute atomic E-state index is 0.199. The van der Waals surface area contributed by atoms with Gasteiger partial charge in [-0.05, 0) is 49.1 Å². The van der Waals surface area contributed by atoms with Crippen LogP contribution in [0.15, 0.2) is 59.9 Å². The molecule has 0 amide bonds. The average Bonchev–Trinajstić information content (AvgIpc) is 2.63. The van der Waals surface area contributed by atoms with Gasteiger partial charge in [-0.1, -0.05) is 35.9 Å². The number of nitrogens with zero attached hydrogens (tertiary/aromatic N) is 4. The van der Waals surface area contributed by atoms with Gasteiger partial charge in [-0.2, -0.15) is 5.26 Å². The lowest BCUT2D eigenvalue weighted by molar-refractivity contribution is 0.750. The highest BCUT2D eigenvalue weighted by Gasteiger charge is 2.10. The van der Waals surface area contributed by atoms with E-state index in [9.17, 15) is 0 Å². The maximum atomic E-state index is 8.73. The number of guanidine groups is 1. The Hall–Kier alpha value is -2.84. The summed E-state index contributed by atoms with van der Waals surface area (Å²) in [4.78, 5) is 9.47. The van der Waals surface area contributed by atoms with Crippen LogP contribution in [0, 0.1) is 11.5 Å². The molecular formula is C19H20ClN5. The summed E-state index contributed by atoms with van der Waals surface area (Å²) in [7, 11) is 0. The molecule has 0 bridgehead atoms. The summed E-state index contributed by atoms with van der Waals surface area (Å²) in [6.45, 7) is 0.690. The van der Waals surface area contributed by atoms with Crippen molar-refractivity contribution in [1.82, 2.24) is 4.98 Å². The molecule has 1 aromatic heterocycles. The lowest BCUT2D eigenvalue weighted by Crippen LogP contribution is -2.38. The zero-order valence-electron chi connectivity index (χ0n) is 13.8. The number of aromatic nitrogens is 1. The summed E-state index contributed by atoms with van der Waals surface area (Å²) in [5.41, 5.74) is 7.91. The van der Waals surface area contributed by atoms with E-state index < -0.39 is 0 Å². The van der Waals surface area contributed by atoms with Crippen molar-refractivity contribution in [3.63, 3.8) is 0 Å². The molecular weight excluding hydrogens is 334 g/mol. The number of unbranched alkanes of at least 4 members (excludes halogenated alkanes) is 2. The number of nitrogens with two attached hydrogens (primary N) is 1. The Bertz CT molecular complexity index is 748. The number of rotatable bonds is 7. The third-order valence-electron chi connectivity index (χ3n) is 3.60. The molecule has 0 atom stereocenters. The number of hydrogen-bond donors (Lipinski definition) is 1. The second-order valence-corrected chi connectivity index (χ2v) is 5.81. The van der Waals surface area contributed by atoms with Crippen molar-refractivity contribution < 1.29 is 0 Å². The molecule has 0 unspecified atom stereocenters. The number of anilines is 1. The zero-order chi connectivity index (χ0) is 17.9. The molecule has 5 nitrogen and oxygen atoms in total. The lowest BCUT2D eigenvalue weighted by Gasteiger charge is -2.22. The fourth-order valence-corrected chi connectivity index (χ4v) is 2.46. The van der Waals surface area contributed by atoms with Crippen LogP contribution in [0.1, 0.15) is 24.8 Å². The molecule has 25 heavy (non-hydrogen) atoms. The first-order valence-corrected chi connectivity index (χ1v) is 8.40. The number of hydrogen-bond acceptors (Lipinski definition) is 3. The number of aliphatic imine (C=N–C) groups is 1. The second kappa shape index (κ2) is 10.1. The molecule has 0 radical (unpaired) electrons. The van der Waals surface area contributed by atoms with Crippen LogP contribution >= 0.6 is 11.6 Å². The van der Waals surface area contributed by atoms with Crippen LogP contribution in [0.3, 0.4) is 0 Å². The van der Waals surface area contributed by atoms with Gasteiger partial charge in [-0.25, -0.2) is 0 Å². The predicted molar refractivity (Wildman–Crippen MR) is 103 cm³/mol. The van der Waals surface area contributed by atoms with E-state index >= 15 is 0 Å². The van der Waals surface area contributed by atoms with E-state index in [2.05, 4.69) is 22.1 Å². The van der Waals surface area contributed by atoms with Crippen LogP contribution in [-0.4, -0.2) is 17.5 Å². The van der Waals surface area contributed by atoms with Crippen molar-refractivity contribution in [2.24, 2.45) is 10.7 Å². The number of halogens is 1. The quantitative estimate of drug-likeness (QED) is 0.350. The van der Waals surface area contributed by atoms with Crippen molar-refractivity contribution in [3.05, 3.63) is 65.5 Å². The minimum atomic E-state index is 0.199. The third kappa shape index (κ3) is 6.28. The molecule has 0 aliphatic carbocycles. The van der Waals surface area contributed by atoms with Crippen molar-refractivity contribution in [1.29, 1.82) is 5.26 Å². The largest absolute Gasteiger partial charge is 0.369 e. The van der Waals surface area contributed by atoms with Crippen molar-refractivity contribution in [3.8, 4) is 6.19 Å². The summed E-state index contributed by atoms with van der Waals surface area (Å²) in [5, 5.41) is 9.47. The number of pyridine rings is 1. The second-order valence-electron chi connectivity index (χ2n) is 5.38. The van der Waals surface area contributed by atoms with Crippen LogP contribution in [0.4, 0.5) is 5.69 Å². The van der Waals surface area contributed by atoms with Crippen LogP contribution in [0.2, 0.25) is 5.02 Å². The van der Waals surface area contributed by atoms with Gasteiger partial charge < -0.3 is 10.6 Å². The van der Waals surface area contributed by atoms with Gasteiger partial charge in [0.05, 0.1) is 0 Å². The number of nitriles is 1. The Morgan fingerprint density at radius 2 is 1.92 bits per heavy atom. The first-order chi connectivity index (χ1) is 12.2. The van der Waals surface area contributed by atoms with E-state index in [0.29, 0.717) is 6.54 Å². The maximum Gasteiger partial charge on any atom is 0.211 e. The summed E-state index contributed by atoms with van der Waals surface area (Å²) in [6, 6.07) is 11.4. The number of allylic oxidation sites excluding steroid dienone is 1. The van der Waals surface area contributed by atoms with Crippen LogP contribution in [0.25, 0.3) is 6.08 Å². The molecule has 1 heterocycles. The smallest absolute Gasteiger partial charge is 0.211 e. The molecule has 2 N–H and O–H groups in total. The highest BCUT2D eigenvalue weighted by Crippen LogP contribution is 2.14. The van der Waals surface area contributed by atoms with Gasteiger partial charge in [0.2, 0.25) is 12.2 Å². The monoisotopic (exact) mass is 353 g/mol. The van der Waals surface area contributed by atoms with Gasteiger partial charge in [0.1, 0.15) is 0 Å². The van der Waals surface area contributed by atoms with E-state index in [-0.39, 0.29) is 5.96 Å². The molecule has 0 saturated heterocycles. The van der Waals surface area contributed by atoms with Gasteiger partial charge >= 0.3 is 0 Å². The fourth-order valence-electron chi connectivity index (χ4n) is 2.34. The summed E-state index contributed by atoms with van der Waals surface area (Å²) in [6.07, 6.45) is 12.2. The third-order valence-corrected chi connectivity index (χ3v) is 3.85. The molecule has 0 fully saturated rings. The molecule has 128 valence electrons. The van der Waals surface area contributed by atoms with E-state index in [1.165, 1.54) is 0 Å². The van der Waals surface area contributed by atoms with Crippen molar-refractivity contribution in [2.75, 3.05) is 11.4 Å². The molecule has 0 aliphatic heterocycles. The van der Waals surface area contributed by atoms with E-state index in [1.54, 1.807) is 18.6 Å². The summed E-state index contributed by atoms with van der Waals surface area (Å²) >= 11 is 5.87. The Morgan fingerprint density at radius 3 is 2.60 bits per heavy atom. The van der Waals surface area contributed by atoms with E-state index in [4.69, 9.17) is 22.6 Å². The maximum absolute atomic E-state index is 8.73. The van der Waals surface area contributed by atoms with Gasteiger partial charge in [-0.3, -0.25) is 4.98 Å². The SMILES string of the molecule is N#CN=C(N)N(CCCCC=Cc1ccc(Cl)cc1)c1ccncc1. The summed E-state index contributed by atoms with van der Waals surface area (Å²) < 4.78 is 0. The predicted octanol–water partition coefficient (Wildman–Crippen LogP) is 4.22.